The number of carbonyl (C=O) groups is 1. The molecule has 3 heteroatoms. The Balaban J connectivity index is 2.04. The van der Waals surface area contributed by atoms with Crippen molar-refractivity contribution in [3.8, 4) is 0 Å². The first kappa shape index (κ1) is 15.3. The topological polar surface area (TPSA) is 46.3 Å². The maximum atomic E-state index is 11.0. The van der Waals surface area contributed by atoms with Gasteiger partial charge in [-0.05, 0) is 18.1 Å². The van der Waals surface area contributed by atoms with Gasteiger partial charge in [0.15, 0.2) is 0 Å². The number of aryl methyl sites for hydroxylation is 1. The molecule has 2 aromatic rings. The fourth-order valence-corrected chi connectivity index (χ4v) is 2.28. The zero-order chi connectivity index (χ0) is 15.1. The van der Waals surface area contributed by atoms with Gasteiger partial charge in [0.25, 0.3) is 0 Å². The molecule has 0 aromatic heterocycles. The van der Waals surface area contributed by atoms with Gasteiger partial charge in [-0.15, -0.1) is 0 Å². The smallest absolute Gasteiger partial charge is 0.218 e. The molecule has 0 unspecified atom stereocenters. The molecule has 0 heterocycles. The minimum atomic E-state index is -0.253. The molecule has 0 aliphatic rings. The highest BCUT2D eigenvalue weighted by atomic mass is 16.1. The molecule has 110 valence electrons. The van der Waals surface area contributed by atoms with Crippen molar-refractivity contribution in [2.75, 3.05) is 6.54 Å². The van der Waals surface area contributed by atoms with Gasteiger partial charge in [0, 0.05) is 26.1 Å². The average molecular weight is 282 g/mol. The first-order valence-corrected chi connectivity index (χ1v) is 7.23. The standard InChI is InChI=1S/C18H22N2O/c1-15-7-9-17(10-8-15)14-20(12-11-18(19)21)13-16-5-3-2-4-6-16/h2-10H,11-14H2,1H3,(H2,19,21). The van der Waals surface area contributed by atoms with E-state index in [0.29, 0.717) is 13.0 Å². The van der Waals surface area contributed by atoms with Crippen LogP contribution in [0.5, 0.6) is 0 Å². The quantitative estimate of drug-likeness (QED) is 0.848. The van der Waals surface area contributed by atoms with Crippen LogP contribution in [0.4, 0.5) is 0 Å². The predicted molar refractivity (Wildman–Crippen MR) is 85.5 cm³/mol. The highest BCUT2D eigenvalue weighted by molar-refractivity contribution is 5.73. The number of benzene rings is 2. The minimum Gasteiger partial charge on any atom is -0.370 e. The van der Waals surface area contributed by atoms with Gasteiger partial charge in [-0.1, -0.05) is 60.2 Å². The van der Waals surface area contributed by atoms with E-state index in [-0.39, 0.29) is 5.91 Å². The number of hydrogen-bond donors (Lipinski definition) is 1. The SMILES string of the molecule is Cc1ccc(CN(CCC(N)=O)Cc2ccccc2)cc1. The summed E-state index contributed by atoms with van der Waals surface area (Å²) in [5.41, 5.74) is 9.03. The van der Waals surface area contributed by atoms with E-state index in [9.17, 15) is 4.79 Å². The van der Waals surface area contributed by atoms with Crippen LogP contribution in [0.1, 0.15) is 23.1 Å². The van der Waals surface area contributed by atoms with Crippen molar-refractivity contribution in [2.45, 2.75) is 26.4 Å². The third kappa shape index (κ3) is 5.40. The lowest BCUT2D eigenvalue weighted by Crippen LogP contribution is -2.27. The second kappa shape index (κ2) is 7.60. The molecule has 0 aliphatic carbocycles. The molecule has 0 spiro atoms. The number of rotatable bonds is 7. The van der Waals surface area contributed by atoms with E-state index in [1.807, 2.05) is 18.2 Å². The maximum Gasteiger partial charge on any atom is 0.218 e. The molecule has 3 nitrogen and oxygen atoms in total. The van der Waals surface area contributed by atoms with Gasteiger partial charge in [-0.3, -0.25) is 9.69 Å². The number of primary amides is 1. The van der Waals surface area contributed by atoms with E-state index < -0.39 is 0 Å². The zero-order valence-electron chi connectivity index (χ0n) is 12.5. The highest BCUT2D eigenvalue weighted by Gasteiger charge is 2.08. The monoisotopic (exact) mass is 282 g/mol. The second-order valence-electron chi connectivity index (χ2n) is 5.40. The van der Waals surface area contributed by atoms with Gasteiger partial charge in [0.1, 0.15) is 0 Å². The number of nitrogens with two attached hydrogens (primary N) is 1. The summed E-state index contributed by atoms with van der Waals surface area (Å²) in [7, 11) is 0. The van der Waals surface area contributed by atoms with Crippen LogP contribution in [-0.4, -0.2) is 17.4 Å². The summed E-state index contributed by atoms with van der Waals surface area (Å²) < 4.78 is 0. The maximum absolute atomic E-state index is 11.0. The average Bonchev–Trinajstić information content (AvgIpc) is 2.48. The summed E-state index contributed by atoms with van der Waals surface area (Å²) in [6, 6.07) is 18.8. The summed E-state index contributed by atoms with van der Waals surface area (Å²) >= 11 is 0. The van der Waals surface area contributed by atoms with Crippen LogP contribution in [0.3, 0.4) is 0 Å². The number of amides is 1. The summed E-state index contributed by atoms with van der Waals surface area (Å²) in [5, 5.41) is 0. The molecule has 0 bridgehead atoms. The van der Waals surface area contributed by atoms with Gasteiger partial charge in [0.05, 0.1) is 0 Å². The van der Waals surface area contributed by atoms with Crippen LogP contribution in [0.2, 0.25) is 0 Å². The van der Waals surface area contributed by atoms with Crippen molar-refractivity contribution in [1.29, 1.82) is 0 Å². The Morgan fingerprint density at radius 2 is 1.52 bits per heavy atom. The fourth-order valence-electron chi connectivity index (χ4n) is 2.28. The lowest BCUT2D eigenvalue weighted by atomic mass is 10.1. The Kier molecular flexibility index (Phi) is 5.52. The molecule has 21 heavy (non-hydrogen) atoms. The normalized spacial score (nSPS) is 10.8. The van der Waals surface area contributed by atoms with Crippen LogP contribution in [0, 0.1) is 6.92 Å². The summed E-state index contributed by atoms with van der Waals surface area (Å²) in [4.78, 5) is 13.3. The Morgan fingerprint density at radius 1 is 0.952 bits per heavy atom. The van der Waals surface area contributed by atoms with Gasteiger partial charge in [-0.25, -0.2) is 0 Å². The van der Waals surface area contributed by atoms with Crippen molar-refractivity contribution >= 4 is 5.91 Å². The van der Waals surface area contributed by atoms with Crippen molar-refractivity contribution in [3.05, 3.63) is 71.3 Å². The molecule has 0 atom stereocenters. The predicted octanol–water partition coefficient (Wildman–Crippen LogP) is 2.87. The van der Waals surface area contributed by atoms with Gasteiger partial charge < -0.3 is 5.73 Å². The summed E-state index contributed by atoms with van der Waals surface area (Å²) in [5.74, 6) is -0.253. The van der Waals surface area contributed by atoms with Crippen LogP contribution >= 0.6 is 0 Å². The Hall–Kier alpha value is -2.13. The Morgan fingerprint density at radius 3 is 2.10 bits per heavy atom. The van der Waals surface area contributed by atoms with Crippen LogP contribution in [-0.2, 0) is 17.9 Å². The van der Waals surface area contributed by atoms with Crippen molar-refractivity contribution in [1.82, 2.24) is 4.90 Å². The van der Waals surface area contributed by atoms with Gasteiger partial charge in [0.2, 0.25) is 5.91 Å². The fraction of sp³-hybridized carbons (Fsp3) is 0.278. The largest absolute Gasteiger partial charge is 0.370 e. The minimum absolute atomic E-state index is 0.253. The molecule has 0 saturated heterocycles. The lowest BCUT2D eigenvalue weighted by molar-refractivity contribution is -0.118. The van der Waals surface area contributed by atoms with Crippen LogP contribution < -0.4 is 5.73 Å². The first-order valence-electron chi connectivity index (χ1n) is 7.23. The molecular formula is C18H22N2O. The highest BCUT2D eigenvalue weighted by Crippen LogP contribution is 2.11. The molecule has 0 aliphatic heterocycles. The Bertz CT molecular complexity index is 564. The molecule has 2 aromatic carbocycles. The second-order valence-corrected chi connectivity index (χ2v) is 5.40. The van der Waals surface area contributed by atoms with Crippen molar-refractivity contribution in [3.63, 3.8) is 0 Å². The van der Waals surface area contributed by atoms with E-state index in [0.717, 1.165) is 13.1 Å². The molecule has 0 fully saturated rings. The van der Waals surface area contributed by atoms with E-state index in [1.165, 1.54) is 16.7 Å². The molecule has 2 rings (SSSR count). The van der Waals surface area contributed by atoms with E-state index in [4.69, 9.17) is 5.73 Å². The number of nitrogens with zero attached hydrogens (tertiary/aromatic N) is 1. The molecule has 0 radical (unpaired) electrons. The van der Waals surface area contributed by atoms with E-state index in [2.05, 4.69) is 48.2 Å². The third-order valence-corrected chi connectivity index (χ3v) is 3.45. The number of hydrogen-bond acceptors (Lipinski definition) is 2. The zero-order valence-corrected chi connectivity index (χ0v) is 12.5. The van der Waals surface area contributed by atoms with Crippen LogP contribution in [0.25, 0.3) is 0 Å². The van der Waals surface area contributed by atoms with E-state index >= 15 is 0 Å². The van der Waals surface area contributed by atoms with Gasteiger partial charge in [-0.2, -0.15) is 0 Å². The van der Waals surface area contributed by atoms with Crippen molar-refractivity contribution in [2.24, 2.45) is 5.73 Å². The van der Waals surface area contributed by atoms with Crippen molar-refractivity contribution < 1.29 is 4.79 Å². The third-order valence-electron chi connectivity index (χ3n) is 3.45. The summed E-state index contributed by atoms with van der Waals surface area (Å²) in [6.45, 7) is 4.40. The number of carbonyl (C=O) groups excluding carboxylic acids is 1. The first-order chi connectivity index (χ1) is 10.1. The molecular weight excluding hydrogens is 260 g/mol. The Labute approximate surface area is 126 Å². The molecule has 0 saturated carbocycles. The van der Waals surface area contributed by atoms with Gasteiger partial charge >= 0.3 is 0 Å². The van der Waals surface area contributed by atoms with Crippen LogP contribution in [0.15, 0.2) is 54.6 Å². The van der Waals surface area contributed by atoms with E-state index in [1.54, 1.807) is 0 Å². The lowest BCUT2D eigenvalue weighted by Gasteiger charge is -2.22. The summed E-state index contributed by atoms with van der Waals surface area (Å²) in [6.07, 6.45) is 0.388. The molecule has 1 amide bonds. The molecule has 2 N–H and O–H groups in total.